The van der Waals surface area contributed by atoms with Crippen molar-refractivity contribution in [1.29, 1.82) is 0 Å². The number of nitrogens with one attached hydrogen (secondary N) is 6. The quantitative estimate of drug-likeness (QED) is 0.0226. The van der Waals surface area contributed by atoms with Gasteiger partial charge in [-0.2, -0.15) is 21.6 Å². The number of ether oxygens (including phenoxy) is 5. The second-order valence-electron chi connectivity index (χ2n) is 46.5. The number of fused-ring (bicyclic) bond motifs is 2. The molecule has 0 aliphatic heterocycles. The smallest absolute Gasteiger partial charge is 0.465 e. The molecule has 824 valence electrons. The van der Waals surface area contributed by atoms with Crippen LogP contribution in [0.1, 0.15) is 360 Å². The lowest BCUT2D eigenvalue weighted by Crippen LogP contribution is -2.62. The number of carbonyl (C=O) groups excluding carboxylic acids is 11. The molecule has 0 aromatic rings. The SMILES string of the molecule is CCC(C)(C)C(=O)NS(=O)(=O)C12CC3CC(CC(C3)C1)C2.CCC(C)(C)C(=O)NS(=O)(=O)CC12CCC(CC1=O)C2(C)C.CCC(C)(C)C(=O)NS(=O)(=O)CCC(=O)OC(C)(C)C.CCC(C)(C)C(=O)NS(=O)(=O)CCOC(C)=O.CCC(C)(C)C(=O)OC12CC3CC(C1)CC(C(=O)NS(=O)(=O)C(F)(F)F)(C3)C2.CCC(C)(C)C(=O)OC1CCC(NS(C)(=O)=O)CC1.CCC(C)(C)C(=O)OCCN(C)C(=O)O. The van der Waals surface area contributed by atoms with Crippen molar-refractivity contribution in [2.24, 2.45) is 89.7 Å². The van der Waals surface area contributed by atoms with Crippen LogP contribution < -0.4 is 28.3 Å². The number of sulfonamides is 6. The first-order valence-corrected chi connectivity index (χ1v) is 59.1. The minimum absolute atomic E-state index is 0.0239. The molecule has 11 saturated carbocycles. The number of hydrogen-bond acceptors (Lipinski definition) is 29. The fourth-order valence-electron chi connectivity index (χ4n) is 18.8. The van der Waals surface area contributed by atoms with E-state index < -0.39 is 189 Å². The van der Waals surface area contributed by atoms with Gasteiger partial charge >= 0.3 is 51.5 Å². The number of amides is 6. The number of nitrogens with zero attached hydrogens (tertiary/aromatic N) is 1. The van der Waals surface area contributed by atoms with Crippen LogP contribution in [-0.4, -0.2) is 216 Å². The van der Waals surface area contributed by atoms with Crippen molar-refractivity contribution in [2.75, 3.05) is 50.3 Å². The number of rotatable bonds is 36. The minimum atomic E-state index is -5.77. The largest absolute Gasteiger partial charge is 0.516 e. The Hall–Kier alpha value is -6.91. The van der Waals surface area contributed by atoms with E-state index in [1.807, 2.05) is 71.8 Å². The molecule has 0 heterocycles. The number of halogens is 3. The van der Waals surface area contributed by atoms with E-state index in [0.717, 1.165) is 69.1 Å². The summed E-state index contributed by atoms with van der Waals surface area (Å²) in [7, 11) is -22.5. The fourth-order valence-corrected chi connectivity index (χ4v) is 26.3. The molecule has 0 radical (unpaired) electrons. The summed E-state index contributed by atoms with van der Waals surface area (Å²) in [6.07, 6.45) is 17.4. The van der Waals surface area contributed by atoms with Crippen molar-refractivity contribution in [3.8, 4) is 0 Å². The molecule has 0 spiro atoms. The number of likely N-dealkylation sites (N-methyl/N-ethyl adjacent to an activating group) is 1. The van der Waals surface area contributed by atoms with E-state index in [1.54, 1.807) is 118 Å². The van der Waals surface area contributed by atoms with Gasteiger partial charge in [-0.15, -0.1) is 0 Å². The first kappa shape index (κ1) is 129. The average molecular weight is 2150 g/mol. The molecule has 6 amide bonds. The van der Waals surface area contributed by atoms with Crippen LogP contribution in [-0.2, 0) is 137 Å². The number of carboxylic acid groups (broad SMARTS) is 1. The fraction of sp³-hybridized carbons (Fsp3) is 0.875. The highest BCUT2D eigenvalue weighted by molar-refractivity contribution is 7.92. The maximum absolute atomic E-state index is 12.9. The molecule has 11 rings (SSSR count). The molecule has 46 heteroatoms. The summed E-state index contributed by atoms with van der Waals surface area (Å²) in [6.45, 7) is 47.9. The molecule has 4 atom stereocenters. The van der Waals surface area contributed by atoms with Crippen LogP contribution in [0, 0.1) is 89.7 Å². The molecular weight excluding hydrogens is 1980 g/mol. The zero-order chi connectivity index (χ0) is 110. The molecule has 11 aliphatic rings. The van der Waals surface area contributed by atoms with E-state index in [1.165, 1.54) is 44.2 Å². The van der Waals surface area contributed by atoms with Crippen LogP contribution in [0.3, 0.4) is 0 Å². The number of carbonyl (C=O) groups is 12. The molecule has 11 aliphatic carbocycles. The highest BCUT2D eigenvalue weighted by atomic mass is 32.2. The lowest BCUT2D eigenvalue weighted by molar-refractivity contribution is -0.210. The predicted octanol–water partition coefficient (Wildman–Crippen LogP) is 13.8. The van der Waals surface area contributed by atoms with Gasteiger partial charge in [0.15, 0.2) is 0 Å². The summed E-state index contributed by atoms with van der Waals surface area (Å²) in [4.78, 5) is 142. The Bertz CT molecular complexity index is 5140. The molecule has 7 N–H and O–H groups in total. The Morgan fingerprint density at radius 1 is 0.479 bits per heavy atom. The van der Waals surface area contributed by atoms with Gasteiger partial charge in [-0.3, -0.25) is 71.6 Å². The Kier molecular flexibility index (Phi) is 44.6. The molecular formula is C96H168F3N7O30S6. The van der Waals surface area contributed by atoms with Gasteiger partial charge < -0.3 is 33.7 Å². The standard InChI is InChI=1S/C18H26F3NO5S.C16H27NO4S.C16H27NO3S.C13H25NO5S.C13H25NO4S.C10H19NO5S.C10H19NO4/c1-4-15(2,3)14(24)27-17-8-11-5-12(9-17)7-16(6-11,10-17)13(23)22-28(25,26)18(19,20)21;1-6-14(2,3)13(19)17-22(20,21)10-16-8-7-11(9-12(16)18)15(16,4)5;1-4-15(2,3)14(18)17-21(19,20)16-8-11-5-12(9-16)7-13(6-11)10-16;1-7-13(5,6)11(16)14-20(17,18)9-8-10(15)19-12(2,3)4;1-5-13(2,3)12(15)18-11-8-6-10(7-9-11)14-19(4,16)17;1-5-10(3,4)9(13)11-17(14,15)7-6-16-8(2)12;1-5-10(2,3)8(12)15-7-6-11(4)9(13)14/h11-12H,4-10H2,1-3H3,(H,22,23);11H,6-10H2,1-5H3,(H,17,19);11-13H,4-10H2,1-3H3,(H,17,18);7-9H2,1-6H3,(H,14,16);10-11,14H,5-9H2,1-4H3;5-7H2,1-4H3,(H,11,13);5-7H2,1-4H3,(H,13,14). The van der Waals surface area contributed by atoms with Crippen LogP contribution >= 0.6 is 0 Å². The Labute approximate surface area is 843 Å². The highest BCUT2D eigenvalue weighted by Gasteiger charge is 2.67. The molecule has 11 fully saturated rings. The van der Waals surface area contributed by atoms with Gasteiger partial charge in [0.05, 0.1) is 62.5 Å². The van der Waals surface area contributed by atoms with Crippen molar-refractivity contribution in [3.63, 3.8) is 0 Å². The van der Waals surface area contributed by atoms with Gasteiger partial charge in [-0.1, -0.05) is 118 Å². The van der Waals surface area contributed by atoms with Crippen molar-refractivity contribution in [3.05, 3.63) is 0 Å². The summed E-state index contributed by atoms with van der Waals surface area (Å²) in [5.74, 6) is -4.22. The third kappa shape index (κ3) is 36.8. The van der Waals surface area contributed by atoms with Crippen LogP contribution in [0.25, 0.3) is 0 Å². The van der Waals surface area contributed by atoms with E-state index in [4.69, 9.17) is 24.1 Å². The van der Waals surface area contributed by atoms with E-state index >= 15 is 0 Å². The van der Waals surface area contributed by atoms with Crippen LogP contribution in [0.15, 0.2) is 0 Å². The molecule has 142 heavy (non-hydrogen) atoms. The third-order valence-electron chi connectivity index (χ3n) is 30.7. The lowest BCUT2D eigenvalue weighted by Gasteiger charge is -2.60. The van der Waals surface area contributed by atoms with Gasteiger partial charge in [0.1, 0.15) is 42.1 Å². The number of esters is 5. The molecule has 4 unspecified atom stereocenters. The van der Waals surface area contributed by atoms with Crippen molar-refractivity contribution in [1.82, 2.24) is 33.2 Å². The van der Waals surface area contributed by atoms with Crippen LogP contribution in [0.4, 0.5) is 18.0 Å². The Balaban J connectivity index is 0.000000430. The molecule has 0 aromatic heterocycles. The minimum Gasteiger partial charge on any atom is -0.465 e. The Morgan fingerprint density at radius 2 is 0.873 bits per heavy atom. The van der Waals surface area contributed by atoms with Crippen molar-refractivity contribution >= 4 is 131 Å². The molecule has 0 aromatic carbocycles. The maximum Gasteiger partial charge on any atom is 0.516 e. The van der Waals surface area contributed by atoms with Gasteiger partial charge in [-0.25, -0.2) is 56.3 Å². The second kappa shape index (κ2) is 49.0. The zero-order valence-corrected chi connectivity index (χ0v) is 94.2. The van der Waals surface area contributed by atoms with Gasteiger partial charge in [0.25, 0.3) is 0 Å². The monoisotopic (exact) mass is 2150 g/mol. The van der Waals surface area contributed by atoms with Crippen LogP contribution in [0.2, 0.25) is 0 Å². The first-order chi connectivity index (χ1) is 64.0. The van der Waals surface area contributed by atoms with Crippen LogP contribution in [0.5, 0.6) is 0 Å². The normalized spacial score (nSPS) is 25.1. The van der Waals surface area contributed by atoms with E-state index in [-0.39, 0.29) is 97.3 Å². The summed E-state index contributed by atoms with van der Waals surface area (Å²) in [6, 6.07) is -0.0239. The third-order valence-corrected chi connectivity index (χ3v) is 38.4. The maximum atomic E-state index is 12.9. The second-order valence-corrected chi connectivity index (χ2v) is 57.5. The van der Waals surface area contributed by atoms with Crippen molar-refractivity contribution in [2.45, 2.75) is 394 Å². The summed E-state index contributed by atoms with van der Waals surface area (Å²) >= 11 is 0. The number of ketones is 1. The topological polar surface area (TPSA) is 551 Å². The molecule has 10 bridgehead atoms. The zero-order valence-electron chi connectivity index (χ0n) is 89.3. The van der Waals surface area contributed by atoms with Gasteiger partial charge in [0.2, 0.25) is 79.7 Å². The lowest BCUT2D eigenvalue weighted by atomic mass is 9.47. The van der Waals surface area contributed by atoms with E-state index in [0.29, 0.717) is 94.8 Å². The highest BCUT2D eigenvalue weighted by Crippen LogP contribution is 2.66. The molecule has 37 nitrogen and oxygen atoms in total. The molecule has 0 saturated heterocycles. The number of hydrogen-bond donors (Lipinski definition) is 7. The average Bonchev–Trinajstić information content (AvgIpc) is 1.57. The first-order valence-electron chi connectivity index (χ1n) is 49.3. The van der Waals surface area contributed by atoms with Crippen molar-refractivity contribution < 1.29 is 150 Å². The van der Waals surface area contributed by atoms with Gasteiger partial charge in [-0.05, 0) is 257 Å². The van der Waals surface area contributed by atoms with E-state index in [9.17, 15) is 121 Å². The summed E-state index contributed by atoms with van der Waals surface area (Å²) in [5.41, 5.74) is -14.0. The van der Waals surface area contributed by atoms with E-state index in [2.05, 4.69) is 18.9 Å². The van der Waals surface area contributed by atoms with Gasteiger partial charge in [0, 0.05) is 54.5 Å². The number of alkyl halides is 3. The number of Topliss-reactive ketones (excluding diaryl/α,β-unsaturated/α-hetero) is 1. The predicted molar refractivity (Wildman–Crippen MR) is 529 cm³/mol. The summed E-state index contributed by atoms with van der Waals surface area (Å²) in [5, 5.41) is 8.54. The Morgan fingerprint density at radius 3 is 1.25 bits per heavy atom. The summed E-state index contributed by atoms with van der Waals surface area (Å²) < 4.78 is 218.